The fourth-order valence-electron chi connectivity index (χ4n) is 2.71. The van der Waals surface area contributed by atoms with Crippen molar-refractivity contribution in [3.63, 3.8) is 0 Å². The van der Waals surface area contributed by atoms with Gasteiger partial charge in [0, 0.05) is 17.8 Å². The van der Waals surface area contributed by atoms with Gasteiger partial charge in [-0.05, 0) is 56.0 Å². The Morgan fingerprint density at radius 1 is 1.00 bits per heavy atom. The summed E-state index contributed by atoms with van der Waals surface area (Å²) < 4.78 is 5.94. The third kappa shape index (κ3) is 3.69. The summed E-state index contributed by atoms with van der Waals surface area (Å²) in [7, 11) is 0. The van der Waals surface area contributed by atoms with Crippen LogP contribution in [0, 0.1) is 0 Å². The second-order valence-electron chi connectivity index (χ2n) is 5.53. The molecular formula is C18H21NO2. The summed E-state index contributed by atoms with van der Waals surface area (Å²) in [5, 5.41) is 13.0. The minimum atomic E-state index is 0.325. The fraction of sp³-hybridized carbons (Fsp3) is 0.333. The van der Waals surface area contributed by atoms with Crippen molar-refractivity contribution in [3.05, 3.63) is 54.1 Å². The molecule has 0 saturated heterocycles. The lowest BCUT2D eigenvalue weighted by Crippen LogP contribution is -2.10. The number of anilines is 1. The number of hydrogen-bond acceptors (Lipinski definition) is 3. The number of ether oxygens (including phenoxy) is 1. The van der Waals surface area contributed by atoms with Crippen molar-refractivity contribution in [1.82, 2.24) is 0 Å². The van der Waals surface area contributed by atoms with E-state index in [2.05, 4.69) is 5.32 Å². The minimum Gasteiger partial charge on any atom is -0.508 e. The number of nitrogens with one attached hydrogen (secondary N) is 1. The third-order valence-electron chi connectivity index (χ3n) is 3.93. The molecule has 1 aliphatic rings. The first-order valence-corrected chi connectivity index (χ1v) is 7.59. The molecule has 0 amide bonds. The van der Waals surface area contributed by atoms with Crippen LogP contribution in [0.15, 0.2) is 48.5 Å². The SMILES string of the molecule is Oc1ccccc1CNc1ccc(OC2CCCC2)cc1. The molecular weight excluding hydrogens is 262 g/mol. The van der Waals surface area contributed by atoms with Crippen LogP contribution in [0.5, 0.6) is 11.5 Å². The smallest absolute Gasteiger partial charge is 0.120 e. The number of phenols is 1. The fourth-order valence-corrected chi connectivity index (χ4v) is 2.71. The van der Waals surface area contributed by atoms with E-state index in [9.17, 15) is 5.11 Å². The molecule has 2 aromatic rings. The lowest BCUT2D eigenvalue weighted by atomic mass is 10.2. The first-order chi connectivity index (χ1) is 10.3. The van der Waals surface area contributed by atoms with Crippen molar-refractivity contribution in [1.29, 1.82) is 0 Å². The van der Waals surface area contributed by atoms with Gasteiger partial charge in [-0.25, -0.2) is 0 Å². The third-order valence-corrected chi connectivity index (χ3v) is 3.93. The summed E-state index contributed by atoms with van der Waals surface area (Å²) in [6.07, 6.45) is 5.31. The van der Waals surface area contributed by atoms with Gasteiger partial charge in [-0.2, -0.15) is 0 Å². The Morgan fingerprint density at radius 2 is 1.71 bits per heavy atom. The summed E-state index contributed by atoms with van der Waals surface area (Å²) in [5.74, 6) is 1.26. The second-order valence-corrected chi connectivity index (χ2v) is 5.53. The Hall–Kier alpha value is -2.16. The molecule has 3 heteroatoms. The van der Waals surface area contributed by atoms with E-state index in [1.807, 2.05) is 42.5 Å². The van der Waals surface area contributed by atoms with Crippen molar-refractivity contribution in [3.8, 4) is 11.5 Å². The van der Waals surface area contributed by atoms with E-state index < -0.39 is 0 Å². The molecule has 0 unspecified atom stereocenters. The van der Waals surface area contributed by atoms with E-state index in [0.29, 0.717) is 18.4 Å². The van der Waals surface area contributed by atoms with Crippen molar-refractivity contribution in [2.75, 3.05) is 5.32 Å². The lowest BCUT2D eigenvalue weighted by molar-refractivity contribution is 0.210. The highest BCUT2D eigenvalue weighted by Crippen LogP contribution is 2.25. The average molecular weight is 283 g/mol. The largest absolute Gasteiger partial charge is 0.508 e. The van der Waals surface area contributed by atoms with E-state index in [-0.39, 0.29) is 0 Å². The monoisotopic (exact) mass is 283 g/mol. The van der Waals surface area contributed by atoms with Crippen molar-refractivity contribution in [2.24, 2.45) is 0 Å². The molecule has 2 aromatic carbocycles. The summed E-state index contributed by atoms with van der Waals surface area (Å²) in [4.78, 5) is 0. The maximum atomic E-state index is 9.73. The molecule has 1 fully saturated rings. The number of rotatable bonds is 5. The molecule has 0 atom stereocenters. The van der Waals surface area contributed by atoms with Gasteiger partial charge in [0.05, 0.1) is 6.10 Å². The van der Waals surface area contributed by atoms with Crippen LogP contribution in [0.1, 0.15) is 31.2 Å². The zero-order valence-corrected chi connectivity index (χ0v) is 12.1. The van der Waals surface area contributed by atoms with Gasteiger partial charge in [-0.1, -0.05) is 18.2 Å². The maximum absolute atomic E-state index is 9.73. The summed E-state index contributed by atoms with van der Waals surface area (Å²) >= 11 is 0. The second kappa shape index (κ2) is 6.53. The predicted octanol–water partition coefficient (Wildman–Crippen LogP) is 4.33. The maximum Gasteiger partial charge on any atom is 0.120 e. The molecule has 0 radical (unpaired) electrons. The molecule has 0 bridgehead atoms. The summed E-state index contributed by atoms with van der Waals surface area (Å²) in [5.41, 5.74) is 1.92. The van der Waals surface area contributed by atoms with Crippen LogP contribution in [-0.4, -0.2) is 11.2 Å². The highest BCUT2D eigenvalue weighted by Gasteiger charge is 2.16. The molecule has 0 heterocycles. The van der Waals surface area contributed by atoms with Crippen LogP contribution in [0.2, 0.25) is 0 Å². The standard InChI is InChI=1S/C18H21NO2/c20-18-8-4-1-5-14(18)13-19-15-9-11-17(12-10-15)21-16-6-2-3-7-16/h1,4-5,8-12,16,19-20H,2-3,6-7,13H2. The highest BCUT2D eigenvalue weighted by molar-refractivity contribution is 5.47. The normalized spacial score (nSPS) is 15.0. The number of phenolic OH excluding ortho intramolecular Hbond substituents is 1. The highest BCUT2D eigenvalue weighted by atomic mass is 16.5. The Morgan fingerprint density at radius 3 is 2.43 bits per heavy atom. The first kappa shape index (κ1) is 13.8. The Balaban J connectivity index is 1.55. The van der Waals surface area contributed by atoms with Crippen molar-refractivity contribution < 1.29 is 9.84 Å². The van der Waals surface area contributed by atoms with Gasteiger partial charge in [-0.15, -0.1) is 0 Å². The van der Waals surface area contributed by atoms with Gasteiger partial charge in [0.1, 0.15) is 11.5 Å². The van der Waals surface area contributed by atoms with Crippen LogP contribution < -0.4 is 10.1 Å². The number of hydrogen-bond donors (Lipinski definition) is 2. The van der Waals surface area contributed by atoms with Gasteiger partial charge < -0.3 is 15.2 Å². The van der Waals surface area contributed by atoms with Crippen molar-refractivity contribution >= 4 is 5.69 Å². The first-order valence-electron chi connectivity index (χ1n) is 7.59. The summed E-state index contributed by atoms with van der Waals surface area (Å²) in [6.45, 7) is 0.607. The quantitative estimate of drug-likeness (QED) is 0.858. The van der Waals surface area contributed by atoms with Crippen LogP contribution >= 0.6 is 0 Å². The lowest BCUT2D eigenvalue weighted by Gasteiger charge is -2.14. The van der Waals surface area contributed by atoms with E-state index >= 15 is 0 Å². The molecule has 3 rings (SSSR count). The molecule has 0 aromatic heterocycles. The molecule has 21 heavy (non-hydrogen) atoms. The zero-order valence-electron chi connectivity index (χ0n) is 12.1. The Kier molecular flexibility index (Phi) is 4.29. The summed E-state index contributed by atoms with van der Waals surface area (Å²) in [6, 6.07) is 15.4. The molecule has 2 N–H and O–H groups in total. The molecule has 0 aliphatic heterocycles. The van der Waals surface area contributed by atoms with Crippen LogP contribution in [0.25, 0.3) is 0 Å². The number of para-hydroxylation sites is 1. The predicted molar refractivity (Wildman–Crippen MR) is 84.8 cm³/mol. The Bertz CT molecular complexity index is 574. The van der Waals surface area contributed by atoms with Gasteiger partial charge in [0.15, 0.2) is 0 Å². The van der Waals surface area contributed by atoms with Crippen LogP contribution in [-0.2, 0) is 6.54 Å². The van der Waals surface area contributed by atoms with E-state index in [1.54, 1.807) is 6.07 Å². The van der Waals surface area contributed by atoms with Crippen LogP contribution in [0.4, 0.5) is 5.69 Å². The number of benzene rings is 2. The zero-order chi connectivity index (χ0) is 14.5. The minimum absolute atomic E-state index is 0.325. The topological polar surface area (TPSA) is 41.5 Å². The van der Waals surface area contributed by atoms with Gasteiger partial charge >= 0.3 is 0 Å². The molecule has 1 saturated carbocycles. The molecule has 1 aliphatic carbocycles. The van der Waals surface area contributed by atoms with Crippen molar-refractivity contribution in [2.45, 2.75) is 38.3 Å². The van der Waals surface area contributed by atoms with Gasteiger partial charge in [0.25, 0.3) is 0 Å². The average Bonchev–Trinajstić information content (AvgIpc) is 3.01. The molecule has 3 nitrogen and oxygen atoms in total. The van der Waals surface area contributed by atoms with Gasteiger partial charge in [-0.3, -0.25) is 0 Å². The number of aromatic hydroxyl groups is 1. The van der Waals surface area contributed by atoms with E-state index in [0.717, 1.165) is 17.0 Å². The van der Waals surface area contributed by atoms with E-state index in [1.165, 1.54) is 25.7 Å². The molecule has 0 spiro atoms. The van der Waals surface area contributed by atoms with E-state index in [4.69, 9.17) is 4.74 Å². The van der Waals surface area contributed by atoms with Gasteiger partial charge in [0.2, 0.25) is 0 Å². The van der Waals surface area contributed by atoms with Crippen LogP contribution in [0.3, 0.4) is 0 Å². The molecule has 110 valence electrons. The Labute approximate surface area is 125 Å².